The summed E-state index contributed by atoms with van der Waals surface area (Å²) in [6, 6.07) is 0.580. The van der Waals surface area contributed by atoms with E-state index in [-0.39, 0.29) is 0 Å². The van der Waals surface area contributed by atoms with E-state index in [0.29, 0.717) is 12.6 Å². The maximum atomic E-state index is 5.24. The molecule has 1 saturated heterocycles. The van der Waals surface area contributed by atoms with Crippen molar-refractivity contribution in [2.75, 3.05) is 45.7 Å². The summed E-state index contributed by atoms with van der Waals surface area (Å²) >= 11 is 1.79. The van der Waals surface area contributed by atoms with Crippen molar-refractivity contribution in [3.05, 3.63) is 10.6 Å². The number of hydrogen-bond acceptors (Lipinski definition) is 6. The van der Waals surface area contributed by atoms with Crippen molar-refractivity contribution in [1.82, 2.24) is 15.2 Å². The van der Waals surface area contributed by atoms with Crippen LogP contribution in [0.15, 0.2) is 0 Å². The number of likely N-dealkylation sites (N-methyl/N-ethyl adjacent to an activating group) is 1. The Morgan fingerprint density at radius 1 is 1.47 bits per heavy atom. The molecule has 1 aliphatic rings. The van der Waals surface area contributed by atoms with E-state index in [1.165, 1.54) is 4.88 Å². The molecule has 0 radical (unpaired) electrons. The highest BCUT2D eigenvalue weighted by molar-refractivity contribution is 7.15. The van der Waals surface area contributed by atoms with Gasteiger partial charge in [0, 0.05) is 44.2 Å². The average molecular weight is 284 g/mol. The van der Waals surface area contributed by atoms with Gasteiger partial charge < -0.3 is 19.9 Å². The first-order chi connectivity index (χ1) is 9.15. The Balaban J connectivity index is 2.13. The molecule has 0 amide bonds. The maximum absolute atomic E-state index is 5.24. The second-order valence-electron chi connectivity index (χ2n) is 5.11. The number of hydrogen-bond donors (Lipinski definition) is 1. The number of aromatic nitrogens is 1. The molecule has 1 aliphatic heterocycles. The lowest BCUT2D eigenvalue weighted by Crippen LogP contribution is -2.50. The van der Waals surface area contributed by atoms with Gasteiger partial charge in [-0.25, -0.2) is 4.98 Å². The monoisotopic (exact) mass is 284 g/mol. The molecule has 1 unspecified atom stereocenters. The minimum absolute atomic E-state index is 0.580. The molecule has 1 atom stereocenters. The quantitative estimate of drug-likeness (QED) is 0.878. The van der Waals surface area contributed by atoms with Gasteiger partial charge >= 0.3 is 0 Å². The molecule has 19 heavy (non-hydrogen) atoms. The highest BCUT2D eigenvalue weighted by atomic mass is 32.1. The van der Waals surface area contributed by atoms with Gasteiger partial charge in [0.15, 0.2) is 5.13 Å². The number of anilines is 1. The predicted molar refractivity (Wildman–Crippen MR) is 79.9 cm³/mol. The van der Waals surface area contributed by atoms with Crippen LogP contribution < -0.4 is 10.2 Å². The first-order valence-electron chi connectivity index (χ1n) is 6.73. The van der Waals surface area contributed by atoms with Gasteiger partial charge in [-0.05, 0) is 21.0 Å². The third-order valence-electron chi connectivity index (χ3n) is 3.62. The summed E-state index contributed by atoms with van der Waals surface area (Å²) in [5.41, 5.74) is 1.07. The standard InChI is InChI=1S/C13H24N4OS/c1-10-8-17(6-5-16(10)3)13-15-11(9-18-4)12(19-13)7-14-2/h10,14H,5-9H2,1-4H3. The first kappa shape index (κ1) is 14.7. The molecule has 0 spiro atoms. The van der Waals surface area contributed by atoms with Crippen molar-refractivity contribution < 1.29 is 4.74 Å². The van der Waals surface area contributed by atoms with Crippen LogP contribution in [0.4, 0.5) is 5.13 Å². The van der Waals surface area contributed by atoms with E-state index in [2.05, 4.69) is 29.1 Å². The van der Waals surface area contributed by atoms with E-state index in [4.69, 9.17) is 9.72 Å². The zero-order valence-electron chi connectivity index (χ0n) is 12.3. The summed E-state index contributed by atoms with van der Waals surface area (Å²) in [5.74, 6) is 0. The summed E-state index contributed by atoms with van der Waals surface area (Å²) in [6.45, 7) is 6.93. The van der Waals surface area contributed by atoms with Crippen molar-refractivity contribution in [3.63, 3.8) is 0 Å². The number of methoxy groups -OCH3 is 1. The molecule has 2 heterocycles. The number of nitrogens with one attached hydrogen (secondary N) is 1. The van der Waals surface area contributed by atoms with Crippen LogP contribution in [0.25, 0.3) is 0 Å². The molecule has 1 fully saturated rings. The van der Waals surface area contributed by atoms with Crippen LogP contribution in [0.2, 0.25) is 0 Å². The van der Waals surface area contributed by atoms with E-state index >= 15 is 0 Å². The van der Waals surface area contributed by atoms with E-state index in [1.54, 1.807) is 18.4 Å². The zero-order valence-corrected chi connectivity index (χ0v) is 13.1. The van der Waals surface area contributed by atoms with Crippen LogP contribution in [-0.4, -0.2) is 56.8 Å². The third kappa shape index (κ3) is 3.45. The van der Waals surface area contributed by atoms with Gasteiger partial charge in [0.25, 0.3) is 0 Å². The first-order valence-corrected chi connectivity index (χ1v) is 7.54. The van der Waals surface area contributed by atoms with Crippen molar-refractivity contribution in [2.45, 2.75) is 26.1 Å². The smallest absolute Gasteiger partial charge is 0.186 e. The Bertz CT molecular complexity index is 386. The fourth-order valence-electron chi connectivity index (χ4n) is 2.28. The Hall–Kier alpha value is -0.690. The Labute approximate surface area is 119 Å². The van der Waals surface area contributed by atoms with Gasteiger partial charge in [-0.3, -0.25) is 0 Å². The van der Waals surface area contributed by atoms with Crippen LogP contribution in [0, 0.1) is 0 Å². The minimum Gasteiger partial charge on any atom is -0.378 e. The zero-order chi connectivity index (χ0) is 13.8. The van der Waals surface area contributed by atoms with E-state index in [1.807, 2.05) is 7.05 Å². The number of ether oxygens (including phenoxy) is 1. The van der Waals surface area contributed by atoms with Crippen LogP contribution >= 0.6 is 11.3 Å². The van der Waals surface area contributed by atoms with Crippen molar-refractivity contribution in [2.24, 2.45) is 0 Å². The van der Waals surface area contributed by atoms with Crippen molar-refractivity contribution in [1.29, 1.82) is 0 Å². The maximum Gasteiger partial charge on any atom is 0.186 e. The van der Waals surface area contributed by atoms with Crippen LogP contribution in [0.3, 0.4) is 0 Å². The number of nitrogens with zero attached hydrogens (tertiary/aromatic N) is 3. The van der Waals surface area contributed by atoms with Gasteiger partial charge in [0.2, 0.25) is 0 Å². The Morgan fingerprint density at radius 3 is 2.89 bits per heavy atom. The topological polar surface area (TPSA) is 40.6 Å². The highest BCUT2D eigenvalue weighted by Gasteiger charge is 2.24. The molecule has 0 aliphatic carbocycles. The molecule has 2 rings (SSSR count). The number of piperazine rings is 1. The SMILES string of the molecule is CNCc1sc(N2CCN(C)C(C)C2)nc1COC. The van der Waals surface area contributed by atoms with E-state index in [0.717, 1.165) is 37.0 Å². The van der Waals surface area contributed by atoms with Crippen LogP contribution in [0.1, 0.15) is 17.5 Å². The lowest BCUT2D eigenvalue weighted by Gasteiger charge is -2.37. The molecule has 0 saturated carbocycles. The lowest BCUT2D eigenvalue weighted by molar-refractivity contribution is 0.181. The second-order valence-corrected chi connectivity index (χ2v) is 6.17. The Kier molecular flexibility index (Phi) is 5.15. The third-order valence-corrected chi connectivity index (χ3v) is 4.77. The van der Waals surface area contributed by atoms with Gasteiger partial charge in [-0.2, -0.15) is 0 Å². The van der Waals surface area contributed by atoms with Gasteiger partial charge in [0.05, 0.1) is 12.3 Å². The Morgan fingerprint density at radius 2 is 2.26 bits per heavy atom. The molecule has 6 heteroatoms. The van der Waals surface area contributed by atoms with Crippen molar-refractivity contribution in [3.8, 4) is 0 Å². The molecule has 108 valence electrons. The number of thiazole rings is 1. The van der Waals surface area contributed by atoms with Gasteiger partial charge in [-0.15, -0.1) is 11.3 Å². The normalized spacial score (nSPS) is 21.1. The fourth-order valence-corrected chi connectivity index (χ4v) is 3.39. The predicted octanol–water partition coefficient (Wildman–Crippen LogP) is 1.15. The van der Waals surface area contributed by atoms with Gasteiger partial charge in [-0.1, -0.05) is 0 Å². The molecular weight excluding hydrogens is 260 g/mol. The molecule has 1 aromatic rings. The number of rotatable bonds is 5. The summed E-state index contributed by atoms with van der Waals surface area (Å²) in [5, 5.41) is 4.34. The van der Waals surface area contributed by atoms with Crippen LogP contribution in [0.5, 0.6) is 0 Å². The van der Waals surface area contributed by atoms with E-state index in [9.17, 15) is 0 Å². The fraction of sp³-hybridized carbons (Fsp3) is 0.769. The average Bonchev–Trinajstić information content (AvgIpc) is 2.77. The molecule has 1 aromatic heterocycles. The highest BCUT2D eigenvalue weighted by Crippen LogP contribution is 2.28. The van der Waals surface area contributed by atoms with Crippen molar-refractivity contribution >= 4 is 16.5 Å². The van der Waals surface area contributed by atoms with Gasteiger partial charge in [0.1, 0.15) is 0 Å². The van der Waals surface area contributed by atoms with E-state index < -0.39 is 0 Å². The molecule has 1 N–H and O–H groups in total. The molecular formula is C13H24N4OS. The summed E-state index contributed by atoms with van der Waals surface area (Å²) in [4.78, 5) is 10.8. The lowest BCUT2D eigenvalue weighted by atomic mass is 10.2. The molecule has 0 bridgehead atoms. The summed E-state index contributed by atoms with van der Waals surface area (Å²) < 4.78 is 5.24. The summed E-state index contributed by atoms with van der Waals surface area (Å²) in [7, 11) is 5.88. The second kappa shape index (κ2) is 6.65. The molecule has 0 aromatic carbocycles. The minimum atomic E-state index is 0.580. The summed E-state index contributed by atoms with van der Waals surface area (Å²) in [6.07, 6.45) is 0. The largest absolute Gasteiger partial charge is 0.378 e. The molecule has 5 nitrogen and oxygen atoms in total. The van der Waals surface area contributed by atoms with Crippen LogP contribution in [-0.2, 0) is 17.9 Å².